The molecule has 0 aromatic heterocycles. The third kappa shape index (κ3) is 2.95. The predicted octanol–water partition coefficient (Wildman–Crippen LogP) is 2.91. The largest absolute Gasteiger partial charge is 0.310 e. The van der Waals surface area contributed by atoms with E-state index in [1.165, 1.54) is 6.07 Å². The average molecular weight is 317 g/mol. The van der Waals surface area contributed by atoms with Gasteiger partial charge in [0.1, 0.15) is 5.82 Å². The van der Waals surface area contributed by atoms with Crippen molar-refractivity contribution in [2.24, 2.45) is 0 Å². The van der Waals surface area contributed by atoms with Gasteiger partial charge < -0.3 is 4.90 Å². The fraction of sp³-hybridized carbons (Fsp3) is 0.235. The van der Waals surface area contributed by atoms with E-state index >= 15 is 0 Å². The van der Waals surface area contributed by atoms with Crippen LogP contribution in [0.4, 0.5) is 10.1 Å². The number of amides is 1. The van der Waals surface area contributed by atoms with Gasteiger partial charge in [0.05, 0.1) is 21.4 Å². The highest BCUT2D eigenvalue weighted by molar-refractivity contribution is 7.85. The molecule has 1 unspecified atom stereocenters. The Kier molecular flexibility index (Phi) is 4.34. The van der Waals surface area contributed by atoms with Gasteiger partial charge in [0.25, 0.3) is 0 Å². The minimum absolute atomic E-state index is 0.0626. The molecule has 1 amide bonds. The second kappa shape index (κ2) is 6.40. The first-order valence-corrected chi connectivity index (χ1v) is 8.50. The summed E-state index contributed by atoms with van der Waals surface area (Å²) in [5.41, 5.74) is 1.26. The van der Waals surface area contributed by atoms with E-state index in [0.29, 0.717) is 34.9 Å². The molecular weight excluding hydrogens is 301 g/mol. The number of aryl methyl sites for hydroxylation is 1. The molecule has 2 aromatic rings. The molecular formula is C17H16FNO2S. The molecule has 0 spiro atoms. The van der Waals surface area contributed by atoms with E-state index in [4.69, 9.17) is 0 Å². The second-order valence-corrected chi connectivity index (χ2v) is 6.69. The molecule has 3 nitrogen and oxygen atoms in total. The number of nitrogens with zero attached hydrogens (tertiary/aromatic N) is 1. The number of para-hydroxylation sites is 1. The van der Waals surface area contributed by atoms with Crippen molar-refractivity contribution in [1.29, 1.82) is 0 Å². The monoisotopic (exact) mass is 317 g/mol. The van der Waals surface area contributed by atoms with Gasteiger partial charge in [0, 0.05) is 18.7 Å². The molecule has 1 heterocycles. The Morgan fingerprint density at radius 1 is 1.14 bits per heavy atom. The Morgan fingerprint density at radius 3 is 2.68 bits per heavy atom. The molecule has 0 aliphatic carbocycles. The molecule has 1 aliphatic heterocycles. The Balaban J connectivity index is 1.75. The number of carbonyl (C=O) groups is 1. The van der Waals surface area contributed by atoms with Gasteiger partial charge in [-0.1, -0.05) is 30.3 Å². The number of fused-ring (bicyclic) bond motifs is 1. The molecule has 1 atom stereocenters. The van der Waals surface area contributed by atoms with Crippen LogP contribution in [-0.4, -0.2) is 22.4 Å². The van der Waals surface area contributed by atoms with Gasteiger partial charge in [0.15, 0.2) is 0 Å². The van der Waals surface area contributed by atoms with Gasteiger partial charge in [-0.15, -0.1) is 0 Å². The molecule has 3 rings (SSSR count). The maximum absolute atomic E-state index is 13.6. The molecule has 0 fully saturated rings. The molecule has 0 saturated carbocycles. The van der Waals surface area contributed by atoms with Crippen LogP contribution in [0, 0.1) is 5.82 Å². The van der Waals surface area contributed by atoms with E-state index in [2.05, 4.69) is 0 Å². The van der Waals surface area contributed by atoms with Crippen LogP contribution < -0.4 is 4.90 Å². The Labute approximate surface area is 131 Å². The van der Waals surface area contributed by atoms with Crippen molar-refractivity contribution in [3.63, 3.8) is 0 Å². The van der Waals surface area contributed by atoms with Crippen molar-refractivity contribution < 1.29 is 13.4 Å². The molecule has 22 heavy (non-hydrogen) atoms. The second-order valence-electron chi connectivity index (χ2n) is 5.15. The number of hydrogen-bond acceptors (Lipinski definition) is 2. The van der Waals surface area contributed by atoms with E-state index in [9.17, 15) is 13.4 Å². The molecule has 0 radical (unpaired) electrons. The number of halogens is 1. The van der Waals surface area contributed by atoms with Gasteiger partial charge in [0.2, 0.25) is 5.91 Å². The molecule has 1 aliphatic rings. The molecule has 2 aromatic carbocycles. The molecule has 5 heteroatoms. The summed E-state index contributed by atoms with van der Waals surface area (Å²) in [5, 5.41) is 0. The summed E-state index contributed by atoms with van der Waals surface area (Å²) in [5.74, 6) is 0.102. The van der Waals surface area contributed by atoms with Crippen LogP contribution in [-0.2, 0) is 22.0 Å². The summed E-state index contributed by atoms with van der Waals surface area (Å²) in [4.78, 5) is 14.8. The quantitative estimate of drug-likeness (QED) is 0.873. The Hall–Kier alpha value is -2.01. The van der Waals surface area contributed by atoms with Crippen molar-refractivity contribution in [3.05, 3.63) is 59.9 Å². The van der Waals surface area contributed by atoms with Crippen LogP contribution in [0.5, 0.6) is 0 Å². The first-order valence-electron chi connectivity index (χ1n) is 7.18. The lowest BCUT2D eigenvalue weighted by molar-refractivity contribution is -0.118. The zero-order chi connectivity index (χ0) is 15.5. The highest BCUT2D eigenvalue weighted by atomic mass is 32.2. The summed E-state index contributed by atoms with van der Waals surface area (Å²) in [6.07, 6.45) is 0.606. The number of carbonyl (C=O) groups excluding carboxylic acids is 1. The third-order valence-corrected chi connectivity index (χ3v) is 5.16. The van der Waals surface area contributed by atoms with Crippen LogP contribution in [0.25, 0.3) is 0 Å². The Morgan fingerprint density at radius 2 is 1.86 bits per heavy atom. The lowest BCUT2D eigenvalue weighted by Gasteiger charge is -2.29. The fourth-order valence-corrected chi connectivity index (χ4v) is 3.82. The summed E-state index contributed by atoms with van der Waals surface area (Å²) >= 11 is 0. The van der Waals surface area contributed by atoms with Crippen molar-refractivity contribution in [2.75, 3.05) is 17.2 Å². The van der Waals surface area contributed by atoms with Crippen molar-refractivity contribution >= 4 is 22.4 Å². The van der Waals surface area contributed by atoms with Crippen LogP contribution in [0.2, 0.25) is 0 Å². The SMILES string of the molecule is O=C(CCc1ccccc1F)N1CCS(=O)c2ccccc21. The van der Waals surface area contributed by atoms with Crippen LogP contribution in [0.1, 0.15) is 12.0 Å². The minimum atomic E-state index is -1.05. The minimum Gasteiger partial charge on any atom is -0.310 e. The van der Waals surface area contributed by atoms with Gasteiger partial charge in [-0.05, 0) is 30.2 Å². The van der Waals surface area contributed by atoms with Crippen LogP contribution >= 0.6 is 0 Å². The molecule has 0 bridgehead atoms. The maximum atomic E-state index is 13.6. The first-order chi connectivity index (χ1) is 10.7. The fourth-order valence-electron chi connectivity index (χ4n) is 2.61. The third-order valence-electron chi connectivity index (χ3n) is 3.77. The highest BCUT2D eigenvalue weighted by Gasteiger charge is 2.25. The van der Waals surface area contributed by atoms with Crippen molar-refractivity contribution in [2.45, 2.75) is 17.7 Å². The van der Waals surface area contributed by atoms with Gasteiger partial charge >= 0.3 is 0 Å². The van der Waals surface area contributed by atoms with Gasteiger partial charge in [-0.3, -0.25) is 9.00 Å². The molecule has 0 saturated heterocycles. The van der Waals surface area contributed by atoms with E-state index in [1.807, 2.05) is 18.2 Å². The summed E-state index contributed by atoms with van der Waals surface area (Å²) < 4.78 is 25.6. The summed E-state index contributed by atoms with van der Waals surface area (Å²) in [6, 6.07) is 13.8. The van der Waals surface area contributed by atoms with Crippen molar-refractivity contribution in [3.8, 4) is 0 Å². The Bertz CT molecular complexity index is 732. The van der Waals surface area contributed by atoms with E-state index in [-0.39, 0.29) is 18.1 Å². The summed E-state index contributed by atoms with van der Waals surface area (Å²) in [6.45, 7) is 0.444. The first kappa shape index (κ1) is 14.9. The predicted molar refractivity (Wildman–Crippen MR) is 84.8 cm³/mol. The standard InChI is InChI=1S/C17H16FNO2S/c18-14-6-2-1-5-13(14)9-10-17(20)19-11-12-22(21)16-8-4-3-7-15(16)19/h1-8H,9-12H2. The van der Waals surface area contributed by atoms with E-state index in [0.717, 1.165) is 0 Å². The van der Waals surface area contributed by atoms with E-state index in [1.54, 1.807) is 29.2 Å². The number of benzene rings is 2. The highest BCUT2D eigenvalue weighted by Crippen LogP contribution is 2.28. The number of rotatable bonds is 3. The average Bonchev–Trinajstić information content (AvgIpc) is 2.54. The van der Waals surface area contributed by atoms with Gasteiger partial charge in [-0.25, -0.2) is 4.39 Å². The zero-order valence-corrected chi connectivity index (χ0v) is 12.8. The lowest BCUT2D eigenvalue weighted by atomic mass is 10.1. The summed E-state index contributed by atoms with van der Waals surface area (Å²) in [7, 11) is -1.05. The van der Waals surface area contributed by atoms with Crippen molar-refractivity contribution in [1.82, 2.24) is 0 Å². The maximum Gasteiger partial charge on any atom is 0.227 e. The van der Waals surface area contributed by atoms with E-state index < -0.39 is 10.8 Å². The van der Waals surface area contributed by atoms with Crippen LogP contribution in [0.15, 0.2) is 53.4 Å². The normalized spacial score (nSPS) is 17.1. The topological polar surface area (TPSA) is 37.4 Å². The number of hydrogen-bond donors (Lipinski definition) is 0. The smallest absolute Gasteiger partial charge is 0.227 e. The molecule has 114 valence electrons. The lowest BCUT2D eigenvalue weighted by Crippen LogP contribution is -2.38. The number of anilines is 1. The molecule has 0 N–H and O–H groups in total. The zero-order valence-electron chi connectivity index (χ0n) is 12.0. The van der Waals surface area contributed by atoms with Crippen LogP contribution in [0.3, 0.4) is 0 Å². The van der Waals surface area contributed by atoms with Gasteiger partial charge in [-0.2, -0.15) is 0 Å².